The number of carbonyl (C=O) groups excluding carboxylic acids is 3. The van der Waals surface area contributed by atoms with Crippen molar-refractivity contribution in [3.8, 4) is 0 Å². The van der Waals surface area contributed by atoms with Gasteiger partial charge in [0.05, 0.1) is 0 Å². The van der Waals surface area contributed by atoms with E-state index in [1.54, 1.807) is 41.5 Å². The van der Waals surface area contributed by atoms with Crippen molar-refractivity contribution in [1.82, 2.24) is 0 Å². The molecule has 0 fully saturated rings. The van der Waals surface area contributed by atoms with Crippen LogP contribution in [-0.2, 0) is 33.4 Å². The molecular weight excluding hydrogens is 320 g/mol. The predicted octanol–water partition coefficient (Wildman–Crippen LogP) is 1.61. The van der Waals surface area contributed by atoms with Gasteiger partial charge >= 0.3 is 23.9 Å². The number of hydrogen-bond donors (Lipinski definition) is 1. The molecular formula is C16H24O8. The van der Waals surface area contributed by atoms with Crippen molar-refractivity contribution in [3.63, 3.8) is 0 Å². The van der Waals surface area contributed by atoms with E-state index in [4.69, 9.17) is 19.3 Å². The summed E-state index contributed by atoms with van der Waals surface area (Å²) in [5.41, 5.74) is -2.13. The highest BCUT2D eigenvalue weighted by atomic mass is 16.6. The smallest absolute Gasteiger partial charge is 0.359 e. The van der Waals surface area contributed by atoms with Gasteiger partial charge in [0.2, 0.25) is 0 Å². The largest absolute Gasteiger partial charge is 0.478 e. The van der Waals surface area contributed by atoms with Crippen molar-refractivity contribution in [2.75, 3.05) is 0 Å². The number of aliphatic carboxylic acids is 1. The molecule has 0 rings (SSSR count). The molecule has 136 valence electrons. The van der Waals surface area contributed by atoms with Crippen LogP contribution in [-0.4, -0.2) is 46.3 Å². The van der Waals surface area contributed by atoms with E-state index in [-0.39, 0.29) is 5.57 Å². The quantitative estimate of drug-likeness (QED) is 0.346. The van der Waals surface area contributed by atoms with E-state index < -0.39 is 41.2 Å². The minimum Gasteiger partial charge on any atom is -0.478 e. The molecule has 0 aromatic heterocycles. The van der Waals surface area contributed by atoms with Crippen molar-refractivity contribution in [2.24, 2.45) is 0 Å². The lowest BCUT2D eigenvalue weighted by Crippen LogP contribution is -2.43. The molecule has 0 atom stereocenters. The summed E-state index contributed by atoms with van der Waals surface area (Å²) in [7, 11) is 0. The van der Waals surface area contributed by atoms with E-state index in [9.17, 15) is 19.2 Å². The average Bonchev–Trinajstić information content (AvgIpc) is 2.29. The molecule has 0 radical (unpaired) electrons. The molecule has 0 unspecified atom stereocenters. The fourth-order valence-electron chi connectivity index (χ4n) is 1.35. The van der Waals surface area contributed by atoms with Crippen LogP contribution in [0, 0.1) is 0 Å². The summed E-state index contributed by atoms with van der Waals surface area (Å²) in [5, 5.41) is 8.62. The lowest BCUT2D eigenvalue weighted by atomic mass is 10.2. The normalized spacial score (nSPS) is 12.6. The van der Waals surface area contributed by atoms with Crippen LogP contribution in [0.25, 0.3) is 0 Å². The molecule has 0 saturated carbocycles. The zero-order valence-electron chi connectivity index (χ0n) is 15.0. The van der Waals surface area contributed by atoms with Crippen molar-refractivity contribution >= 4 is 23.9 Å². The van der Waals surface area contributed by atoms with Gasteiger partial charge in [-0.3, -0.25) is 0 Å². The van der Waals surface area contributed by atoms with Crippen LogP contribution in [0.5, 0.6) is 0 Å². The molecule has 0 saturated heterocycles. The molecule has 0 aromatic rings. The van der Waals surface area contributed by atoms with E-state index in [0.29, 0.717) is 6.08 Å². The van der Waals surface area contributed by atoms with Crippen LogP contribution in [0.1, 0.15) is 48.5 Å². The average molecular weight is 344 g/mol. The first-order valence-electron chi connectivity index (χ1n) is 7.20. The number of esters is 3. The topological polar surface area (TPSA) is 116 Å². The number of ether oxygens (including phenoxy) is 3. The van der Waals surface area contributed by atoms with Crippen LogP contribution >= 0.6 is 0 Å². The minimum atomic E-state index is -1.95. The van der Waals surface area contributed by atoms with Crippen molar-refractivity contribution in [3.05, 3.63) is 11.6 Å². The van der Waals surface area contributed by atoms with Crippen LogP contribution in [0.3, 0.4) is 0 Å². The lowest BCUT2D eigenvalue weighted by molar-refractivity contribution is -0.189. The summed E-state index contributed by atoms with van der Waals surface area (Å²) in [4.78, 5) is 46.7. The highest BCUT2D eigenvalue weighted by Gasteiger charge is 2.38. The predicted molar refractivity (Wildman–Crippen MR) is 83.0 cm³/mol. The Hall–Kier alpha value is -2.38. The Bertz CT molecular complexity index is 517. The van der Waals surface area contributed by atoms with Crippen LogP contribution in [0.4, 0.5) is 0 Å². The van der Waals surface area contributed by atoms with Crippen molar-refractivity contribution in [2.45, 2.75) is 65.8 Å². The van der Waals surface area contributed by atoms with E-state index in [1.807, 2.05) is 0 Å². The number of rotatable bonds is 5. The Labute approximate surface area is 140 Å². The molecule has 0 amide bonds. The Balaban J connectivity index is 5.40. The van der Waals surface area contributed by atoms with Gasteiger partial charge in [-0.25, -0.2) is 19.2 Å². The first-order chi connectivity index (χ1) is 10.6. The SMILES string of the molecule is C/C(=C/C(=O)O)C(=O)OC(C(=O)OC(C)(C)C)C(=O)OC(C)(C)C. The molecule has 0 aliphatic rings. The van der Waals surface area contributed by atoms with Gasteiger partial charge in [0.25, 0.3) is 6.10 Å². The summed E-state index contributed by atoms with van der Waals surface area (Å²) in [6, 6.07) is 0. The van der Waals surface area contributed by atoms with Gasteiger partial charge < -0.3 is 19.3 Å². The second-order valence-electron chi connectivity index (χ2n) is 7.02. The first kappa shape index (κ1) is 21.6. The van der Waals surface area contributed by atoms with Crippen LogP contribution < -0.4 is 0 Å². The molecule has 8 heteroatoms. The monoisotopic (exact) mass is 344 g/mol. The number of carboxylic acids is 1. The van der Waals surface area contributed by atoms with Crippen molar-refractivity contribution < 1.29 is 38.5 Å². The van der Waals surface area contributed by atoms with Gasteiger partial charge in [-0.15, -0.1) is 0 Å². The third kappa shape index (κ3) is 8.92. The molecule has 0 aromatic carbocycles. The fourth-order valence-corrected chi connectivity index (χ4v) is 1.35. The summed E-state index contributed by atoms with van der Waals surface area (Å²) in [6.45, 7) is 10.6. The third-order valence-corrected chi connectivity index (χ3v) is 2.13. The van der Waals surface area contributed by atoms with E-state index in [0.717, 1.165) is 0 Å². The number of carbonyl (C=O) groups is 4. The molecule has 0 spiro atoms. The summed E-state index contributed by atoms with van der Waals surface area (Å²) >= 11 is 0. The van der Waals surface area contributed by atoms with Gasteiger partial charge in [-0.2, -0.15) is 0 Å². The van der Waals surface area contributed by atoms with Gasteiger partial charge in [-0.05, 0) is 48.5 Å². The van der Waals surface area contributed by atoms with Gasteiger partial charge in [0.1, 0.15) is 11.2 Å². The summed E-state index contributed by atoms with van der Waals surface area (Å²) in [6.07, 6.45) is -1.35. The van der Waals surface area contributed by atoms with Crippen LogP contribution in [0.2, 0.25) is 0 Å². The molecule has 0 bridgehead atoms. The molecule has 0 heterocycles. The maximum atomic E-state index is 12.1. The molecule has 8 nitrogen and oxygen atoms in total. The molecule has 0 aliphatic heterocycles. The van der Waals surface area contributed by atoms with Crippen LogP contribution in [0.15, 0.2) is 11.6 Å². The molecule has 1 N–H and O–H groups in total. The zero-order valence-corrected chi connectivity index (χ0v) is 15.0. The zero-order chi connectivity index (χ0) is 19.3. The molecule has 24 heavy (non-hydrogen) atoms. The van der Waals surface area contributed by atoms with E-state index in [2.05, 4.69) is 0 Å². The minimum absolute atomic E-state index is 0.292. The Morgan fingerprint density at radius 3 is 1.54 bits per heavy atom. The fraction of sp³-hybridized carbons (Fsp3) is 0.625. The summed E-state index contributed by atoms with van der Waals surface area (Å²) in [5.74, 6) is -4.71. The standard InChI is InChI=1S/C16H24O8/c1-9(8-10(17)18)12(19)22-11(13(20)23-15(2,3)4)14(21)24-16(5,6)7/h8,11H,1-7H3,(H,17,18)/b9-8-. The number of hydrogen-bond acceptors (Lipinski definition) is 7. The Morgan fingerprint density at radius 2 is 1.25 bits per heavy atom. The molecule has 0 aliphatic carbocycles. The second kappa shape index (κ2) is 7.94. The Kier molecular flexibility index (Phi) is 7.15. The first-order valence-corrected chi connectivity index (χ1v) is 7.20. The highest BCUT2D eigenvalue weighted by Crippen LogP contribution is 2.15. The van der Waals surface area contributed by atoms with E-state index >= 15 is 0 Å². The third-order valence-electron chi connectivity index (χ3n) is 2.13. The maximum absolute atomic E-state index is 12.1. The summed E-state index contributed by atoms with van der Waals surface area (Å²) < 4.78 is 14.9. The second-order valence-corrected chi connectivity index (χ2v) is 7.02. The van der Waals surface area contributed by atoms with E-state index in [1.165, 1.54) is 6.92 Å². The van der Waals surface area contributed by atoms with Crippen molar-refractivity contribution in [1.29, 1.82) is 0 Å². The van der Waals surface area contributed by atoms with Gasteiger partial charge in [-0.1, -0.05) is 0 Å². The maximum Gasteiger partial charge on any atom is 0.359 e. The highest BCUT2D eigenvalue weighted by molar-refractivity contribution is 6.03. The van der Waals surface area contributed by atoms with Gasteiger partial charge in [0, 0.05) is 11.6 Å². The lowest BCUT2D eigenvalue weighted by Gasteiger charge is -2.26. The number of carboxylic acid groups (broad SMARTS) is 1. The Morgan fingerprint density at radius 1 is 0.875 bits per heavy atom. The van der Waals surface area contributed by atoms with Gasteiger partial charge in [0.15, 0.2) is 0 Å².